The molecule has 11 heteroatoms. The first kappa shape index (κ1) is 27.0. The van der Waals surface area contributed by atoms with Crippen LogP contribution in [0.2, 0.25) is 0 Å². The van der Waals surface area contributed by atoms with Gasteiger partial charge < -0.3 is 30.1 Å². The fraction of sp³-hybridized carbons (Fsp3) is 0.400. The summed E-state index contributed by atoms with van der Waals surface area (Å²) in [6.45, 7) is 5.75. The summed E-state index contributed by atoms with van der Waals surface area (Å²) in [4.78, 5) is 43.6. The smallest absolute Gasteiger partial charge is 0.260 e. The minimum Gasteiger partial charge on any atom is -0.495 e. The Bertz CT molecular complexity index is 1450. The zero-order valence-corrected chi connectivity index (χ0v) is 23.8. The van der Waals surface area contributed by atoms with Crippen molar-refractivity contribution in [3.63, 3.8) is 0 Å². The molecule has 11 nitrogen and oxygen atoms in total. The number of amides is 2. The quantitative estimate of drug-likeness (QED) is 0.490. The number of ether oxygens (including phenoxy) is 1. The third kappa shape index (κ3) is 5.18. The van der Waals surface area contributed by atoms with Gasteiger partial charge in [-0.15, -0.1) is 0 Å². The van der Waals surface area contributed by atoms with Crippen LogP contribution in [0.4, 0.5) is 28.8 Å². The van der Waals surface area contributed by atoms with Crippen LogP contribution in [0.15, 0.2) is 48.7 Å². The Hall–Kier alpha value is -4.22. The highest BCUT2D eigenvalue weighted by molar-refractivity contribution is 6.13. The van der Waals surface area contributed by atoms with Gasteiger partial charge in [-0.25, -0.2) is 4.98 Å². The molecule has 0 saturated carbocycles. The average molecular weight is 557 g/mol. The van der Waals surface area contributed by atoms with Gasteiger partial charge in [-0.2, -0.15) is 4.98 Å². The number of fused-ring (bicyclic) bond motifs is 2. The predicted molar refractivity (Wildman–Crippen MR) is 159 cm³/mol. The molecule has 6 rings (SSSR count). The fourth-order valence-electron chi connectivity index (χ4n) is 5.97. The molecule has 2 aromatic carbocycles. The SMILES string of the molecule is COc1cc(C(=O)N2CCC(N3CCNCC3)CC2)ccc1Nc1ncc2c(n1)N(C)c1ccccc1C(=O)N2C. The standard InChI is InChI=1S/C30H36N8O3/c1-35-24-7-5-4-6-22(24)29(40)36(2)25-19-32-30(34-27(25)35)33-23-9-8-20(18-26(23)41-3)28(39)38-14-10-21(11-15-38)37-16-12-31-13-17-37/h4-9,18-19,21,31H,10-17H2,1-3H3,(H,32,33,34). The highest BCUT2D eigenvalue weighted by Crippen LogP contribution is 2.38. The summed E-state index contributed by atoms with van der Waals surface area (Å²) in [6.07, 6.45) is 3.63. The second kappa shape index (κ2) is 11.3. The molecule has 2 N–H and O–H groups in total. The fourth-order valence-corrected chi connectivity index (χ4v) is 5.97. The Morgan fingerprint density at radius 3 is 2.51 bits per heavy atom. The first-order valence-corrected chi connectivity index (χ1v) is 14.1. The topological polar surface area (TPSA) is 106 Å². The maximum Gasteiger partial charge on any atom is 0.260 e. The molecule has 1 aromatic heterocycles. The van der Waals surface area contributed by atoms with Gasteiger partial charge in [-0.1, -0.05) is 12.1 Å². The Morgan fingerprint density at radius 2 is 1.76 bits per heavy atom. The number of para-hydroxylation sites is 1. The molecule has 0 aliphatic carbocycles. The molecule has 3 aliphatic rings. The van der Waals surface area contributed by atoms with E-state index in [1.165, 1.54) is 0 Å². The van der Waals surface area contributed by atoms with Crippen LogP contribution in [0.1, 0.15) is 33.6 Å². The lowest BCUT2D eigenvalue weighted by molar-refractivity contribution is 0.0601. The summed E-state index contributed by atoms with van der Waals surface area (Å²) < 4.78 is 5.66. The Kier molecular flexibility index (Phi) is 7.46. The van der Waals surface area contributed by atoms with Crippen LogP contribution >= 0.6 is 0 Å². The Morgan fingerprint density at radius 1 is 1.00 bits per heavy atom. The van der Waals surface area contributed by atoms with E-state index in [1.54, 1.807) is 31.3 Å². The molecule has 2 amide bonds. The number of methoxy groups -OCH3 is 1. The summed E-state index contributed by atoms with van der Waals surface area (Å²) >= 11 is 0. The van der Waals surface area contributed by atoms with Crippen molar-refractivity contribution in [2.75, 3.05) is 75.6 Å². The lowest BCUT2D eigenvalue weighted by Crippen LogP contribution is -2.52. The van der Waals surface area contributed by atoms with Crippen LogP contribution in [0.25, 0.3) is 0 Å². The molecular formula is C30H36N8O3. The minimum absolute atomic E-state index is 0.0166. The first-order valence-electron chi connectivity index (χ1n) is 14.1. The maximum atomic E-state index is 13.4. The maximum absolute atomic E-state index is 13.4. The molecule has 0 unspecified atom stereocenters. The number of hydrogen-bond donors (Lipinski definition) is 2. The monoisotopic (exact) mass is 556 g/mol. The first-order chi connectivity index (χ1) is 19.9. The number of anilines is 5. The normalized spacial score (nSPS) is 18.0. The molecule has 2 saturated heterocycles. The van der Waals surface area contributed by atoms with E-state index >= 15 is 0 Å². The van der Waals surface area contributed by atoms with Crippen molar-refractivity contribution < 1.29 is 14.3 Å². The van der Waals surface area contributed by atoms with Gasteiger partial charge >= 0.3 is 0 Å². The molecule has 41 heavy (non-hydrogen) atoms. The van der Waals surface area contributed by atoms with Crippen molar-refractivity contribution in [3.05, 3.63) is 59.8 Å². The molecule has 3 aromatic rings. The van der Waals surface area contributed by atoms with Crippen LogP contribution in [0.5, 0.6) is 5.75 Å². The number of rotatable bonds is 5. The van der Waals surface area contributed by atoms with E-state index in [2.05, 4.69) is 20.5 Å². The number of nitrogens with one attached hydrogen (secondary N) is 2. The molecule has 4 heterocycles. The predicted octanol–water partition coefficient (Wildman–Crippen LogP) is 3.10. The van der Waals surface area contributed by atoms with Crippen LogP contribution in [-0.4, -0.2) is 98.1 Å². The minimum atomic E-state index is -0.120. The average Bonchev–Trinajstić information content (AvgIpc) is 3.11. The third-order valence-corrected chi connectivity index (χ3v) is 8.34. The summed E-state index contributed by atoms with van der Waals surface area (Å²) in [5.41, 5.74) is 3.20. The highest BCUT2D eigenvalue weighted by Gasteiger charge is 2.30. The van der Waals surface area contributed by atoms with Crippen LogP contribution in [-0.2, 0) is 0 Å². The van der Waals surface area contributed by atoms with E-state index in [0.29, 0.717) is 46.1 Å². The summed E-state index contributed by atoms with van der Waals surface area (Å²) in [5.74, 6) is 1.37. The molecule has 2 fully saturated rings. The number of benzene rings is 2. The van der Waals surface area contributed by atoms with Gasteiger partial charge in [0.2, 0.25) is 5.95 Å². The van der Waals surface area contributed by atoms with E-state index in [-0.39, 0.29) is 11.8 Å². The van der Waals surface area contributed by atoms with E-state index in [4.69, 9.17) is 9.72 Å². The van der Waals surface area contributed by atoms with Crippen molar-refractivity contribution in [3.8, 4) is 5.75 Å². The number of carbonyl (C=O) groups is 2. The van der Waals surface area contributed by atoms with Gasteiger partial charge in [0.25, 0.3) is 11.8 Å². The molecule has 0 spiro atoms. The Balaban J connectivity index is 1.18. The zero-order valence-electron chi connectivity index (χ0n) is 23.8. The molecule has 214 valence electrons. The van der Waals surface area contributed by atoms with Crippen molar-refractivity contribution in [1.82, 2.24) is 25.1 Å². The van der Waals surface area contributed by atoms with Gasteiger partial charge in [0.1, 0.15) is 11.4 Å². The van der Waals surface area contributed by atoms with Crippen molar-refractivity contribution in [2.45, 2.75) is 18.9 Å². The summed E-state index contributed by atoms with van der Waals surface area (Å²) in [6, 6.07) is 13.4. The second-order valence-corrected chi connectivity index (χ2v) is 10.7. The van der Waals surface area contributed by atoms with E-state index in [1.807, 2.05) is 53.2 Å². The number of aromatic nitrogens is 2. The van der Waals surface area contributed by atoms with Crippen molar-refractivity contribution in [2.24, 2.45) is 0 Å². The van der Waals surface area contributed by atoms with E-state index < -0.39 is 0 Å². The van der Waals surface area contributed by atoms with E-state index in [0.717, 1.165) is 57.8 Å². The summed E-state index contributed by atoms with van der Waals surface area (Å²) in [5, 5.41) is 6.65. The molecule has 3 aliphatic heterocycles. The third-order valence-electron chi connectivity index (χ3n) is 8.34. The number of piperidine rings is 1. The largest absolute Gasteiger partial charge is 0.495 e. The lowest BCUT2D eigenvalue weighted by atomic mass is 10.0. The van der Waals surface area contributed by atoms with Crippen molar-refractivity contribution in [1.29, 1.82) is 0 Å². The second-order valence-electron chi connectivity index (χ2n) is 10.7. The molecule has 0 atom stereocenters. The zero-order chi connectivity index (χ0) is 28.5. The van der Waals surface area contributed by atoms with Gasteiger partial charge in [0, 0.05) is 65.0 Å². The van der Waals surface area contributed by atoms with Gasteiger partial charge in [-0.3, -0.25) is 14.5 Å². The summed E-state index contributed by atoms with van der Waals surface area (Å²) in [7, 11) is 5.19. The van der Waals surface area contributed by atoms with Gasteiger partial charge in [-0.05, 0) is 43.2 Å². The van der Waals surface area contributed by atoms with Gasteiger partial charge in [0.15, 0.2) is 5.82 Å². The number of hydrogen-bond acceptors (Lipinski definition) is 9. The van der Waals surface area contributed by atoms with Crippen LogP contribution in [0, 0.1) is 0 Å². The van der Waals surface area contributed by atoms with Gasteiger partial charge in [0.05, 0.1) is 30.2 Å². The number of piperazine rings is 1. The highest BCUT2D eigenvalue weighted by atomic mass is 16.5. The van der Waals surface area contributed by atoms with Crippen LogP contribution < -0.4 is 25.2 Å². The van der Waals surface area contributed by atoms with E-state index in [9.17, 15) is 9.59 Å². The van der Waals surface area contributed by atoms with Crippen molar-refractivity contribution >= 4 is 40.6 Å². The molecule has 0 radical (unpaired) electrons. The molecular weight excluding hydrogens is 520 g/mol. The Labute approximate surface area is 240 Å². The number of nitrogens with zero attached hydrogens (tertiary/aromatic N) is 6. The number of carbonyl (C=O) groups excluding carboxylic acids is 2. The van der Waals surface area contributed by atoms with Crippen LogP contribution in [0.3, 0.4) is 0 Å². The molecule has 0 bridgehead atoms. The number of likely N-dealkylation sites (tertiary alicyclic amines) is 1. The lowest BCUT2D eigenvalue weighted by Gasteiger charge is -2.40.